The van der Waals surface area contributed by atoms with Crippen molar-refractivity contribution in [2.75, 3.05) is 6.54 Å². The molecule has 3 N–H and O–H groups in total. The van der Waals surface area contributed by atoms with Crippen LogP contribution in [0, 0.1) is 0 Å². The number of aromatic amines is 1. The third-order valence-corrected chi connectivity index (χ3v) is 6.49. The molecule has 2 heterocycles. The highest BCUT2D eigenvalue weighted by atomic mass is 16.2. The molecule has 0 aliphatic heterocycles. The molecule has 0 radical (unpaired) electrons. The lowest BCUT2D eigenvalue weighted by atomic mass is 10.0. The van der Waals surface area contributed by atoms with Crippen LogP contribution in [0.4, 0.5) is 0 Å². The lowest BCUT2D eigenvalue weighted by Gasteiger charge is -2.18. The molecule has 4 aromatic rings. The summed E-state index contributed by atoms with van der Waals surface area (Å²) in [5.41, 5.74) is 4.47. The lowest BCUT2D eigenvalue weighted by molar-refractivity contribution is -0.123. The van der Waals surface area contributed by atoms with Gasteiger partial charge in [-0.25, -0.2) is 4.98 Å². The van der Waals surface area contributed by atoms with Gasteiger partial charge >= 0.3 is 0 Å². The molecule has 0 unspecified atom stereocenters. The summed E-state index contributed by atoms with van der Waals surface area (Å²) >= 11 is 0. The highest BCUT2D eigenvalue weighted by molar-refractivity contribution is 5.96. The number of benzene rings is 2. The molecule has 0 fully saturated rings. The van der Waals surface area contributed by atoms with Gasteiger partial charge < -0.3 is 20.4 Å². The van der Waals surface area contributed by atoms with Gasteiger partial charge in [0.2, 0.25) is 5.91 Å². The minimum Gasteiger partial charge on any atom is -0.354 e. The molecule has 8 heteroatoms. The Morgan fingerprint density at radius 1 is 0.947 bits per heavy atom. The maximum atomic E-state index is 13.2. The van der Waals surface area contributed by atoms with Crippen molar-refractivity contribution in [2.24, 2.45) is 0 Å². The Balaban J connectivity index is 1.43. The summed E-state index contributed by atoms with van der Waals surface area (Å²) in [5.74, 6) is -0.526. The van der Waals surface area contributed by atoms with E-state index in [2.05, 4.69) is 43.8 Å². The van der Waals surface area contributed by atoms with Crippen molar-refractivity contribution in [3.63, 3.8) is 0 Å². The number of ketones is 1. The Hall–Kier alpha value is -4.33. The number of nitrogens with zero attached hydrogens (tertiary/aromatic N) is 2. The predicted molar refractivity (Wildman–Crippen MR) is 148 cm³/mol. The van der Waals surface area contributed by atoms with E-state index in [1.54, 1.807) is 6.92 Å². The normalized spacial score (nSPS) is 11.7. The van der Waals surface area contributed by atoms with E-state index in [-0.39, 0.29) is 17.4 Å². The third-order valence-electron chi connectivity index (χ3n) is 6.49. The van der Waals surface area contributed by atoms with Crippen LogP contribution in [-0.4, -0.2) is 45.1 Å². The van der Waals surface area contributed by atoms with Crippen molar-refractivity contribution in [3.8, 4) is 11.3 Å². The Kier molecular flexibility index (Phi) is 9.34. The number of aromatic nitrogens is 3. The first-order chi connectivity index (χ1) is 18.5. The molecule has 38 heavy (non-hydrogen) atoms. The molecule has 0 saturated carbocycles. The maximum Gasteiger partial charge on any atom is 0.272 e. The molecular weight excluding hydrogens is 478 g/mol. The first kappa shape index (κ1) is 26.7. The fraction of sp³-hybridized carbons (Fsp3) is 0.300. The molecule has 8 nitrogen and oxygen atoms in total. The van der Waals surface area contributed by atoms with Gasteiger partial charge in [0.25, 0.3) is 5.91 Å². The van der Waals surface area contributed by atoms with E-state index in [1.807, 2.05) is 36.4 Å². The third kappa shape index (κ3) is 7.12. The van der Waals surface area contributed by atoms with E-state index in [1.165, 1.54) is 18.6 Å². The van der Waals surface area contributed by atoms with Crippen molar-refractivity contribution in [3.05, 3.63) is 84.4 Å². The van der Waals surface area contributed by atoms with Crippen LogP contribution in [-0.2, 0) is 16.0 Å². The molecule has 0 aliphatic rings. The number of H-pyrrole nitrogens is 1. The molecule has 196 valence electrons. The van der Waals surface area contributed by atoms with Gasteiger partial charge in [0.05, 0.1) is 6.20 Å². The topological polar surface area (TPSA) is 117 Å². The monoisotopic (exact) mass is 511 g/mol. The van der Waals surface area contributed by atoms with Crippen LogP contribution < -0.4 is 10.6 Å². The van der Waals surface area contributed by atoms with Crippen LogP contribution >= 0.6 is 0 Å². The number of para-hydroxylation sites is 1. The number of nitrogens with one attached hydrogen (secondary N) is 3. The average Bonchev–Trinajstić information content (AvgIpc) is 3.31. The number of Topliss-reactive ketones (excluding diaryl/α,β-unsaturated/α-hetero) is 1. The highest BCUT2D eigenvalue weighted by Gasteiger charge is 2.22. The minimum atomic E-state index is -0.710. The zero-order chi connectivity index (χ0) is 26.7. The van der Waals surface area contributed by atoms with Gasteiger partial charge in [0.15, 0.2) is 0 Å². The Morgan fingerprint density at radius 3 is 2.50 bits per heavy atom. The Labute approximate surface area is 222 Å². The number of amides is 2. The molecule has 0 spiro atoms. The molecule has 2 aromatic carbocycles. The smallest absolute Gasteiger partial charge is 0.272 e. The van der Waals surface area contributed by atoms with Crippen LogP contribution in [0.25, 0.3) is 22.2 Å². The number of rotatable bonds is 13. The average molecular weight is 512 g/mol. The van der Waals surface area contributed by atoms with Crippen molar-refractivity contribution >= 4 is 28.5 Å². The molecule has 0 bridgehead atoms. The van der Waals surface area contributed by atoms with Gasteiger partial charge in [-0.15, -0.1) is 0 Å². The van der Waals surface area contributed by atoms with Gasteiger partial charge in [-0.3, -0.25) is 14.6 Å². The van der Waals surface area contributed by atoms with Crippen molar-refractivity contribution < 1.29 is 14.4 Å². The molecule has 4 rings (SSSR count). The SMILES string of the molecule is CC(=O)CCCCC[C@H](NC(=O)c1cnccn1)C(=O)NCCc1c(-c2ccccc2)[nH]c2ccccc12. The zero-order valence-electron chi connectivity index (χ0n) is 21.6. The number of hydrogen-bond donors (Lipinski definition) is 3. The standard InChI is InChI=1S/C30H33N5O3/c1-21(36)10-4-2-7-15-26(35-30(38)27-20-31-18-19-32-27)29(37)33-17-16-24-23-13-8-9-14-25(23)34-28(24)22-11-5-3-6-12-22/h3,5-6,8-9,11-14,18-20,26,34H,2,4,7,10,15-17H2,1H3,(H,33,37)(H,35,38)/t26-/m0/s1. The molecule has 2 aromatic heterocycles. The van der Waals surface area contributed by atoms with Gasteiger partial charge in [0.1, 0.15) is 17.5 Å². The minimum absolute atomic E-state index is 0.155. The fourth-order valence-electron chi connectivity index (χ4n) is 4.56. The molecule has 1 atom stereocenters. The highest BCUT2D eigenvalue weighted by Crippen LogP contribution is 2.30. The summed E-state index contributed by atoms with van der Waals surface area (Å²) in [6, 6.07) is 17.6. The van der Waals surface area contributed by atoms with Crippen molar-refractivity contribution in [1.29, 1.82) is 0 Å². The summed E-state index contributed by atoms with van der Waals surface area (Å²) in [6.07, 6.45) is 8.22. The summed E-state index contributed by atoms with van der Waals surface area (Å²) < 4.78 is 0. The molecule has 0 saturated heterocycles. The Bertz CT molecular complexity index is 1370. The largest absolute Gasteiger partial charge is 0.354 e. The van der Waals surface area contributed by atoms with Crippen LogP contribution in [0.1, 0.15) is 55.1 Å². The summed E-state index contributed by atoms with van der Waals surface area (Å²) in [7, 11) is 0. The quantitative estimate of drug-likeness (QED) is 0.227. The Morgan fingerprint density at radius 2 is 1.74 bits per heavy atom. The lowest BCUT2D eigenvalue weighted by Crippen LogP contribution is -2.47. The maximum absolute atomic E-state index is 13.2. The number of carbonyl (C=O) groups is 3. The second kappa shape index (κ2) is 13.3. The number of hydrogen-bond acceptors (Lipinski definition) is 5. The van der Waals surface area contributed by atoms with Crippen molar-refractivity contribution in [2.45, 2.75) is 51.5 Å². The fourth-order valence-corrected chi connectivity index (χ4v) is 4.56. The van der Waals surface area contributed by atoms with Gasteiger partial charge in [-0.1, -0.05) is 61.4 Å². The first-order valence-electron chi connectivity index (χ1n) is 13.0. The van der Waals surface area contributed by atoms with E-state index in [0.717, 1.165) is 40.6 Å². The van der Waals surface area contributed by atoms with Crippen molar-refractivity contribution in [1.82, 2.24) is 25.6 Å². The molecule has 2 amide bonds. The second-order valence-corrected chi connectivity index (χ2v) is 9.35. The van der Waals surface area contributed by atoms with Crippen LogP contribution in [0.5, 0.6) is 0 Å². The van der Waals surface area contributed by atoms with E-state index in [9.17, 15) is 14.4 Å². The van der Waals surface area contributed by atoms with Gasteiger partial charge in [0, 0.05) is 42.0 Å². The summed E-state index contributed by atoms with van der Waals surface area (Å²) in [6.45, 7) is 2.00. The van der Waals surface area contributed by atoms with Gasteiger partial charge in [-0.2, -0.15) is 0 Å². The van der Waals surface area contributed by atoms with Crippen LogP contribution in [0.15, 0.2) is 73.2 Å². The number of unbranched alkanes of at least 4 members (excludes halogenated alkanes) is 2. The van der Waals surface area contributed by atoms with Gasteiger partial charge in [-0.05, 0) is 43.4 Å². The van der Waals surface area contributed by atoms with E-state index in [4.69, 9.17) is 0 Å². The summed E-state index contributed by atoms with van der Waals surface area (Å²) in [4.78, 5) is 48.6. The van der Waals surface area contributed by atoms with E-state index in [0.29, 0.717) is 32.2 Å². The number of fused-ring (bicyclic) bond motifs is 1. The summed E-state index contributed by atoms with van der Waals surface area (Å²) in [5, 5.41) is 6.96. The van der Waals surface area contributed by atoms with Crippen LogP contribution in [0.3, 0.4) is 0 Å². The van der Waals surface area contributed by atoms with E-state index < -0.39 is 11.9 Å². The number of carbonyl (C=O) groups excluding carboxylic acids is 3. The molecular formula is C30H33N5O3. The zero-order valence-corrected chi connectivity index (χ0v) is 21.6. The first-order valence-corrected chi connectivity index (χ1v) is 13.0. The van der Waals surface area contributed by atoms with E-state index >= 15 is 0 Å². The predicted octanol–water partition coefficient (Wildman–Crippen LogP) is 4.62. The molecule has 0 aliphatic carbocycles. The second-order valence-electron chi connectivity index (χ2n) is 9.35. The van der Waals surface area contributed by atoms with Crippen LogP contribution in [0.2, 0.25) is 0 Å².